The molecular formula is C17H19F3N4O2. The molecule has 2 N–H and O–H groups in total. The number of aromatic nitrogens is 2. The molecule has 140 valence electrons. The van der Waals surface area contributed by atoms with E-state index in [0.29, 0.717) is 22.9 Å². The second-order valence-corrected chi connectivity index (χ2v) is 7.00. The van der Waals surface area contributed by atoms with Crippen molar-refractivity contribution >= 4 is 16.8 Å². The van der Waals surface area contributed by atoms with Gasteiger partial charge in [0.05, 0.1) is 5.52 Å². The van der Waals surface area contributed by atoms with Gasteiger partial charge in [-0.05, 0) is 57.0 Å². The lowest BCUT2D eigenvalue weighted by Gasteiger charge is -2.52. The van der Waals surface area contributed by atoms with Crippen LogP contribution in [0.2, 0.25) is 0 Å². The second kappa shape index (κ2) is 6.15. The fourth-order valence-corrected chi connectivity index (χ4v) is 4.09. The minimum absolute atomic E-state index is 0.0802. The largest absolute Gasteiger partial charge is 0.573 e. The Morgan fingerprint density at radius 1 is 1.42 bits per heavy atom. The summed E-state index contributed by atoms with van der Waals surface area (Å²) in [5.74, 6) is -0.331. The molecule has 26 heavy (non-hydrogen) atoms. The highest BCUT2D eigenvalue weighted by Crippen LogP contribution is 2.39. The minimum Gasteiger partial charge on any atom is -0.406 e. The summed E-state index contributed by atoms with van der Waals surface area (Å²) in [6, 6.07) is 4.35. The summed E-state index contributed by atoms with van der Waals surface area (Å²) in [6.45, 7) is 1.08. The van der Waals surface area contributed by atoms with Crippen molar-refractivity contribution in [3.05, 3.63) is 23.9 Å². The first-order valence-electron chi connectivity index (χ1n) is 8.57. The molecule has 1 amide bonds. The van der Waals surface area contributed by atoms with E-state index in [1.807, 2.05) is 0 Å². The maximum absolute atomic E-state index is 12.6. The molecule has 0 spiro atoms. The highest BCUT2D eigenvalue weighted by molar-refractivity contribution is 6.05. The van der Waals surface area contributed by atoms with E-state index in [-0.39, 0.29) is 23.4 Å². The lowest BCUT2D eigenvalue weighted by atomic mass is 9.69. The summed E-state index contributed by atoms with van der Waals surface area (Å²) < 4.78 is 41.2. The number of hydrogen-bond acceptors (Lipinski definition) is 4. The van der Waals surface area contributed by atoms with Crippen molar-refractivity contribution in [1.29, 1.82) is 0 Å². The first kappa shape index (κ1) is 17.1. The molecule has 6 nitrogen and oxygen atoms in total. The number of piperidine rings is 1. The Morgan fingerprint density at radius 2 is 2.23 bits per heavy atom. The van der Waals surface area contributed by atoms with Crippen molar-refractivity contribution in [2.45, 2.75) is 37.7 Å². The lowest BCUT2D eigenvalue weighted by molar-refractivity contribution is -0.274. The topological polar surface area (TPSA) is 70.2 Å². The van der Waals surface area contributed by atoms with Crippen LogP contribution in [0.5, 0.6) is 5.75 Å². The quantitative estimate of drug-likeness (QED) is 0.874. The van der Waals surface area contributed by atoms with Crippen LogP contribution in [0, 0.1) is 5.92 Å². The molecule has 3 atom stereocenters. The molecule has 1 saturated carbocycles. The Labute approximate surface area is 147 Å². The van der Waals surface area contributed by atoms with Gasteiger partial charge < -0.3 is 15.0 Å². The zero-order valence-corrected chi connectivity index (χ0v) is 14.1. The van der Waals surface area contributed by atoms with Crippen molar-refractivity contribution in [2.75, 3.05) is 13.6 Å². The number of rotatable bonds is 3. The molecule has 4 rings (SSSR count). The number of halogens is 3. The normalized spacial score (nSPS) is 26.2. The Hall–Kier alpha value is -2.29. The van der Waals surface area contributed by atoms with Gasteiger partial charge in [-0.1, -0.05) is 0 Å². The molecule has 1 aromatic carbocycles. The summed E-state index contributed by atoms with van der Waals surface area (Å²) in [4.78, 5) is 14.9. The van der Waals surface area contributed by atoms with Gasteiger partial charge in [0.25, 0.3) is 5.91 Å². The third-order valence-electron chi connectivity index (χ3n) is 5.42. The van der Waals surface area contributed by atoms with Crippen LogP contribution in [-0.4, -0.2) is 53.0 Å². The second-order valence-electron chi connectivity index (χ2n) is 7.00. The molecule has 9 heteroatoms. The number of nitrogens with one attached hydrogen (secondary N) is 2. The summed E-state index contributed by atoms with van der Waals surface area (Å²) >= 11 is 0. The van der Waals surface area contributed by atoms with Gasteiger partial charge in [-0.3, -0.25) is 9.89 Å². The molecule has 2 fully saturated rings. The van der Waals surface area contributed by atoms with E-state index in [0.717, 1.165) is 25.8 Å². The predicted octanol–water partition coefficient (Wildman–Crippen LogP) is 2.67. The van der Waals surface area contributed by atoms with Crippen LogP contribution >= 0.6 is 0 Å². The Balaban J connectivity index is 1.51. The third kappa shape index (κ3) is 3.11. The number of carbonyl (C=O) groups is 1. The van der Waals surface area contributed by atoms with Crippen molar-refractivity contribution in [2.24, 2.45) is 5.92 Å². The van der Waals surface area contributed by atoms with E-state index in [2.05, 4.69) is 32.2 Å². The molecule has 1 aliphatic heterocycles. The van der Waals surface area contributed by atoms with Gasteiger partial charge >= 0.3 is 6.36 Å². The molecule has 2 aromatic rings. The fraction of sp³-hybridized carbons (Fsp3) is 0.529. The zero-order chi connectivity index (χ0) is 18.5. The van der Waals surface area contributed by atoms with Crippen LogP contribution in [0.25, 0.3) is 10.9 Å². The lowest BCUT2D eigenvalue weighted by Crippen LogP contribution is -2.62. The van der Waals surface area contributed by atoms with E-state index in [4.69, 9.17) is 0 Å². The van der Waals surface area contributed by atoms with Gasteiger partial charge in [-0.2, -0.15) is 5.10 Å². The van der Waals surface area contributed by atoms with Gasteiger partial charge in [0.2, 0.25) is 0 Å². The van der Waals surface area contributed by atoms with Gasteiger partial charge in [0.1, 0.15) is 5.75 Å². The molecule has 1 saturated heterocycles. The Bertz CT molecular complexity index is 835. The summed E-state index contributed by atoms with van der Waals surface area (Å²) in [5, 5.41) is 9.95. The van der Waals surface area contributed by atoms with Crippen LogP contribution in [0.15, 0.2) is 18.2 Å². The SMILES string of the molecule is CN1CCCC2[C@H]1C[C@H]2NC(=O)c1n[nH]c2ccc(OC(F)(F)F)cc12. The Morgan fingerprint density at radius 3 is 3.00 bits per heavy atom. The van der Waals surface area contributed by atoms with Crippen molar-refractivity contribution < 1.29 is 22.7 Å². The average molecular weight is 368 g/mol. The number of alkyl halides is 3. The maximum Gasteiger partial charge on any atom is 0.573 e. The van der Waals surface area contributed by atoms with Crippen LogP contribution < -0.4 is 10.1 Å². The van der Waals surface area contributed by atoms with Crippen molar-refractivity contribution in [3.63, 3.8) is 0 Å². The molecule has 0 bridgehead atoms. The van der Waals surface area contributed by atoms with Crippen LogP contribution in [0.4, 0.5) is 13.2 Å². The highest BCUT2D eigenvalue weighted by atomic mass is 19.4. The number of carbonyl (C=O) groups excluding carboxylic acids is 1. The van der Waals surface area contributed by atoms with Crippen LogP contribution in [0.3, 0.4) is 0 Å². The average Bonchev–Trinajstić information content (AvgIpc) is 2.95. The van der Waals surface area contributed by atoms with Gasteiger partial charge in [0, 0.05) is 17.5 Å². The molecule has 1 aliphatic carbocycles. The van der Waals surface area contributed by atoms with Gasteiger partial charge in [0.15, 0.2) is 5.69 Å². The van der Waals surface area contributed by atoms with E-state index < -0.39 is 6.36 Å². The summed E-state index contributed by atoms with van der Waals surface area (Å²) in [6.07, 6.45) is -1.72. The van der Waals surface area contributed by atoms with E-state index in [1.165, 1.54) is 18.2 Å². The van der Waals surface area contributed by atoms with Gasteiger partial charge in [-0.15, -0.1) is 13.2 Å². The smallest absolute Gasteiger partial charge is 0.406 e. The van der Waals surface area contributed by atoms with Crippen molar-refractivity contribution in [1.82, 2.24) is 20.4 Å². The number of hydrogen-bond donors (Lipinski definition) is 2. The molecule has 0 radical (unpaired) electrons. The van der Waals surface area contributed by atoms with E-state index in [1.54, 1.807) is 0 Å². The number of likely N-dealkylation sites (tertiary alicyclic amines) is 1. The molecule has 1 unspecified atom stereocenters. The van der Waals surface area contributed by atoms with Gasteiger partial charge in [-0.25, -0.2) is 0 Å². The highest BCUT2D eigenvalue weighted by Gasteiger charge is 2.45. The summed E-state index contributed by atoms with van der Waals surface area (Å²) in [5.41, 5.74) is 0.564. The molecular weight excluding hydrogens is 349 g/mol. The third-order valence-corrected chi connectivity index (χ3v) is 5.42. The number of aromatic amines is 1. The van der Waals surface area contributed by atoms with Crippen LogP contribution in [0.1, 0.15) is 29.8 Å². The summed E-state index contributed by atoms with van der Waals surface area (Å²) in [7, 11) is 2.10. The van der Waals surface area contributed by atoms with Crippen molar-refractivity contribution in [3.8, 4) is 5.75 Å². The Kier molecular flexibility index (Phi) is 4.06. The molecule has 2 aliphatic rings. The van der Waals surface area contributed by atoms with E-state index >= 15 is 0 Å². The van der Waals surface area contributed by atoms with E-state index in [9.17, 15) is 18.0 Å². The predicted molar refractivity (Wildman–Crippen MR) is 87.8 cm³/mol. The number of amides is 1. The maximum atomic E-state index is 12.6. The van der Waals surface area contributed by atoms with Crippen LogP contribution in [-0.2, 0) is 0 Å². The zero-order valence-electron chi connectivity index (χ0n) is 14.1. The number of benzene rings is 1. The number of nitrogens with zero attached hydrogens (tertiary/aromatic N) is 2. The number of fused-ring (bicyclic) bond motifs is 2. The monoisotopic (exact) mass is 368 g/mol. The first-order valence-corrected chi connectivity index (χ1v) is 8.57. The molecule has 2 heterocycles. The fourth-order valence-electron chi connectivity index (χ4n) is 4.09. The first-order chi connectivity index (χ1) is 12.3. The minimum atomic E-state index is -4.78. The number of H-pyrrole nitrogens is 1. The molecule has 1 aromatic heterocycles. The standard InChI is InChI=1S/C17H19F3N4O2/c1-24-6-2-3-10-13(8-14(10)24)21-16(25)15-11-7-9(26-17(18,19)20)4-5-12(11)22-23-15/h4-5,7,10,13-14H,2-3,6,8H2,1H3,(H,21,25)(H,22,23)/t10?,13-,14-/m1/s1. The number of ether oxygens (including phenoxy) is 1.